The zero-order valence-corrected chi connectivity index (χ0v) is 12.2. The first-order valence-corrected chi connectivity index (χ1v) is 6.76. The minimum atomic E-state index is -0.209. The largest absolute Gasteiger partial charge is 0.385 e. The fraction of sp³-hybridized carbons (Fsp3) is 0.200. The van der Waals surface area contributed by atoms with E-state index in [-0.39, 0.29) is 5.91 Å². The Morgan fingerprint density at radius 2 is 2.05 bits per heavy atom. The molecular formula is C15H16ClN3O. The van der Waals surface area contributed by atoms with Crippen molar-refractivity contribution in [2.24, 2.45) is 0 Å². The molecule has 4 nitrogen and oxygen atoms in total. The quantitative estimate of drug-likeness (QED) is 0.843. The molecular weight excluding hydrogens is 274 g/mol. The second-order valence-corrected chi connectivity index (χ2v) is 4.68. The van der Waals surface area contributed by atoms with Gasteiger partial charge in [-0.15, -0.1) is 0 Å². The number of amides is 1. The molecule has 0 saturated heterocycles. The van der Waals surface area contributed by atoms with Crippen molar-refractivity contribution in [3.63, 3.8) is 0 Å². The van der Waals surface area contributed by atoms with Crippen LogP contribution >= 0.6 is 11.6 Å². The molecule has 104 valence electrons. The van der Waals surface area contributed by atoms with Crippen LogP contribution in [0.15, 0.2) is 36.5 Å². The van der Waals surface area contributed by atoms with Crippen LogP contribution < -0.4 is 10.6 Å². The van der Waals surface area contributed by atoms with Crippen molar-refractivity contribution in [2.75, 3.05) is 17.2 Å². The molecule has 2 N–H and O–H groups in total. The SMILES string of the molecule is CCNc1ccccc1C(=O)Nc1c(C)ccnc1Cl. The van der Waals surface area contributed by atoms with Gasteiger partial charge < -0.3 is 10.6 Å². The van der Waals surface area contributed by atoms with Gasteiger partial charge in [0.15, 0.2) is 5.15 Å². The van der Waals surface area contributed by atoms with E-state index >= 15 is 0 Å². The lowest BCUT2D eigenvalue weighted by Crippen LogP contribution is -2.16. The number of benzene rings is 1. The van der Waals surface area contributed by atoms with E-state index in [0.717, 1.165) is 17.8 Å². The van der Waals surface area contributed by atoms with Gasteiger partial charge in [0.2, 0.25) is 0 Å². The zero-order chi connectivity index (χ0) is 14.5. The molecule has 0 unspecified atom stereocenters. The predicted octanol–water partition coefficient (Wildman–Crippen LogP) is 3.73. The van der Waals surface area contributed by atoms with Gasteiger partial charge in [0.1, 0.15) is 0 Å². The fourth-order valence-corrected chi connectivity index (χ4v) is 2.13. The predicted molar refractivity (Wildman–Crippen MR) is 82.5 cm³/mol. The second kappa shape index (κ2) is 6.39. The number of carbonyl (C=O) groups excluding carboxylic acids is 1. The number of hydrogen-bond donors (Lipinski definition) is 2. The molecule has 0 saturated carbocycles. The Morgan fingerprint density at radius 3 is 2.75 bits per heavy atom. The van der Waals surface area contributed by atoms with Crippen LogP contribution in [0.3, 0.4) is 0 Å². The molecule has 1 aromatic carbocycles. The standard InChI is InChI=1S/C15H16ClN3O/c1-3-17-12-7-5-4-6-11(12)15(20)19-13-10(2)8-9-18-14(13)16/h4-9,17H,3H2,1-2H3,(H,19,20). The summed E-state index contributed by atoms with van der Waals surface area (Å²) in [6, 6.07) is 9.16. The average molecular weight is 290 g/mol. The van der Waals surface area contributed by atoms with Crippen LogP contribution in [-0.2, 0) is 0 Å². The fourth-order valence-electron chi connectivity index (χ4n) is 1.88. The number of aromatic nitrogens is 1. The van der Waals surface area contributed by atoms with E-state index in [1.165, 1.54) is 0 Å². The molecule has 1 aromatic heterocycles. The monoisotopic (exact) mass is 289 g/mol. The van der Waals surface area contributed by atoms with Crippen LogP contribution in [0.25, 0.3) is 0 Å². The Hall–Kier alpha value is -2.07. The highest BCUT2D eigenvalue weighted by Gasteiger charge is 2.14. The third kappa shape index (κ3) is 3.08. The number of pyridine rings is 1. The molecule has 0 atom stereocenters. The third-order valence-electron chi connectivity index (χ3n) is 2.89. The van der Waals surface area contributed by atoms with Crippen molar-refractivity contribution in [1.29, 1.82) is 0 Å². The van der Waals surface area contributed by atoms with Crippen molar-refractivity contribution in [2.45, 2.75) is 13.8 Å². The van der Waals surface area contributed by atoms with E-state index < -0.39 is 0 Å². The zero-order valence-electron chi connectivity index (χ0n) is 11.4. The van der Waals surface area contributed by atoms with Gasteiger partial charge >= 0.3 is 0 Å². The van der Waals surface area contributed by atoms with Crippen LogP contribution in [0.1, 0.15) is 22.8 Å². The lowest BCUT2D eigenvalue weighted by molar-refractivity contribution is 0.102. The maximum absolute atomic E-state index is 12.4. The molecule has 5 heteroatoms. The number of nitrogens with zero attached hydrogens (tertiary/aromatic N) is 1. The Balaban J connectivity index is 2.29. The first kappa shape index (κ1) is 14.3. The van der Waals surface area contributed by atoms with Gasteiger partial charge in [0.05, 0.1) is 11.3 Å². The molecule has 2 aromatic rings. The van der Waals surface area contributed by atoms with Crippen molar-refractivity contribution in [3.05, 3.63) is 52.8 Å². The first-order chi connectivity index (χ1) is 9.63. The van der Waals surface area contributed by atoms with Gasteiger partial charge in [0, 0.05) is 18.4 Å². The van der Waals surface area contributed by atoms with E-state index in [0.29, 0.717) is 16.4 Å². The summed E-state index contributed by atoms with van der Waals surface area (Å²) in [7, 11) is 0. The Morgan fingerprint density at radius 1 is 1.30 bits per heavy atom. The minimum absolute atomic E-state index is 0.209. The van der Waals surface area contributed by atoms with Crippen LogP contribution in [-0.4, -0.2) is 17.4 Å². The maximum atomic E-state index is 12.4. The maximum Gasteiger partial charge on any atom is 0.257 e. The molecule has 0 fully saturated rings. The van der Waals surface area contributed by atoms with E-state index in [9.17, 15) is 4.79 Å². The molecule has 20 heavy (non-hydrogen) atoms. The van der Waals surface area contributed by atoms with Gasteiger partial charge in [-0.2, -0.15) is 0 Å². The van der Waals surface area contributed by atoms with Gasteiger partial charge in [-0.3, -0.25) is 4.79 Å². The van der Waals surface area contributed by atoms with Gasteiger partial charge in [0.25, 0.3) is 5.91 Å². The van der Waals surface area contributed by atoms with Crippen LogP contribution in [0.2, 0.25) is 5.15 Å². The van der Waals surface area contributed by atoms with Crippen molar-refractivity contribution < 1.29 is 4.79 Å². The van der Waals surface area contributed by atoms with Crippen LogP contribution in [0.4, 0.5) is 11.4 Å². The number of halogens is 1. The summed E-state index contributed by atoms with van der Waals surface area (Å²) < 4.78 is 0. The number of anilines is 2. The van der Waals surface area contributed by atoms with Crippen molar-refractivity contribution in [3.8, 4) is 0 Å². The number of para-hydroxylation sites is 1. The van der Waals surface area contributed by atoms with Gasteiger partial charge in [-0.1, -0.05) is 23.7 Å². The summed E-state index contributed by atoms with van der Waals surface area (Å²) in [6.45, 7) is 4.60. The molecule has 0 radical (unpaired) electrons. The highest BCUT2D eigenvalue weighted by molar-refractivity contribution is 6.33. The highest BCUT2D eigenvalue weighted by atomic mass is 35.5. The summed E-state index contributed by atoms with van der Waals surface area (Å²) in [5, 5.41) is 6.27. The summed E-state index contributed by atoms with van der Waals surface area (Å²) in [5.41, 5.74) is 2.79. The molecule has 2 rings (SSSR count). The molecule has 0 aliphatic carbocycles. The number of hydrogen-bond acceptors (Lipinski definition) is 3. The molecule has 0 aliphatic rings. The van der Waals surface area contributed by atoms with Crippen molar-refractivity contribution >= 4 is 28.9 Å². The highest BCUT2D eigenvalue weighted by Crippen LogP contribution is 2.24. The van der Waals surface area contributed by atoms with E-state index in [1.54, 1.807) is 18.3 Å². The molecule has 0 bridgehead atoms. The number of nitrogens with one attached hydrogen (secondary N) is 2. The lowest BCUT2D eigenvalue weighted by Gasteiger charge is -2.12. The molecule has 0 spiro atoms. The first-order valence-electron chi connectivity index (χ1n) is 6.38. The molecule has 1 heterocycles. The summed E-state index contributed by atoms with van der Waals surface area (Å²) >= 11 is 6.02. The third-order valence-corrected chi connectivity index (χ3v) is 3.18. The molecule has 0 aliphatic heterocycles. The van der Waals surface area contributed by atoms with E-state index in [1.807, 2.05) is 32.0 Å². The summed E-state index contributed by atoms with van der Waals surface area (Å²) in [5.74, 6) is -0.209. The topological polar surface area (TPSA) is 54.0 Å². The normalized spacial score (nSPS) is 10.2. The van der Waals surface area contributed by atoms with Gasteiger partial charge in [-0.25, -0.2) is 4.98 Å². The number of aryl methyl sites for hydroxylation is 1. The van der Waals surface area contributed by atoms with Crippen LogP contribution in [0, 0.1) is 6.92 Å². The summed E-state index contributed by atoms with van der Waals surface area (Å²) in [6.07, 6.45) is 1.61. The Bertz CT molecular complexity index is 608. The Kier molecular flexibility index (Phi) is 4.58. The summed E-state index contributed by atoms with van der Waals surface area (Å²) in [4.78, 5) is 16.4. The minimum Gasteiger partial charge on any atom is -0.385 e. The lowest BCUT2D eigenvalue weighted by atomic mass is 10.1. The smallest absolute Gasteiger partial charge is 0.257 e. The number of rotatable bonds is 4. The van der Waals surface area contributed by atoms with E-state index in [4.69, 9.17) is 11.6 Å². The van der Waals surface area contributed by atoms with Gasteiger partial charge in [-0.05, 0) is 37.6 Å². The van der Waals surface area contributed by atoms with E-state index in [2.05, 4.69) is 15.6 Å². The van der Waals surface area contributed by atoms with Crippen molar-refractivity contribution in [1.82, 2.24) is 4.98 Å². The second-order valence-electron chi connectivity index (χ2n) is 4.32. The average Bonchev–Trinajstić information content (AvgIpc) is 2.44. The Labute approximate surface area is 123 Å². The molecule has 1 amide bonds. The number of carbonyl (C=O) groups is 1. The van der Waals surface area contributed by atoms with Crippen LogP contribution in [0.5, 0.6) is 0 Å².